The SMILES string of the molecule is COc1cc(/C=N/NC(=S)Nc2ncc(C3CCC3)o2)ccc1O. The summed E-state index contributed by atoms with van der Waals surface area (Å²) >= 11 is 5.14. The molecule has 126 valence electrons. The number of oxazole rings is 1. The number of methoxy groups -OCH3 is 1. The lowest BCUT2D eigenvalue weighted by atomic mass is 9.84. The van der Waals surface area contributed by atoms with Crippen LogP contribution in [-0.4, -0.2) is 28.5 Å². The van der Waals surface area contributed by atoms with Crippen molar-refractivity contribution in [2.24, 2.45) is 5.10 Å². The first-order chi connectivity index (χ1) is 11.7. The summed E-state index contributed by atoms with van der Waals surface area (Å²) in [6.07, 6.45) is 6.84. The van der Waals surface area contributed by atoms with Gasteiger partial charge in [-0.3, -0.25) is 10.7 Å². The van der Waals surface area contributed by atoms with Crippen molar-refractivity contribution in [3.63, 3.8) is 0 Å². The molecule has 0 spiro atoms. The van der Waals surface area contributed by atoms with Gasteiger partial charge < -0.3 is 14.3 Å². The van der Waals surface area contributed by atoms with Crippen LogP contribution in [0.2, 0.25) is 0 Å². The van der Waals surface area contributed by atoms with Crippen molar-refractivity contribution in [3.8, 4) is 11.5 Å². The molecule has 3 rings (SSSR count). The van der Waals surface area contributed by atoms with E-state index < -0.39 is 0 Å². The molecule has 1 aromatic heterocycles. The number of nitrogens with zero attached hydrogens (tertiary/aromatic N) is 2. The highest BCUT2D eigenvalue weighted by Crippen LogP contribution is 2.37. The summed E-state index contributed by atoms with van der Waals surface area (Å²) in [7, 11) is 1.49. The molecule has 7 nitrogen and oxygen atoms in total. The Bertz CT molecular complexity index is 756. The number of benzene rings is 1. The minimum atomic E-state index is 0.0750. The number of phenols is 1. The maximum absolute atomic E-state index is 9.54. The van der Waals surface area contributed by atoms with Gasteiger partial charge in [0.25, 0.3) is 0 Å². The van der Waals surface area contributed by atoms with Gasteiger partial charge in [0.2, 0.25) is 0 Å². The van der Waals surface area contributed by atoms with Gasteiger partial charge in [-0.1, -0.05) is 6.42 Å². The Kier molecular flexibility index (Phi) is 4.95. The van der Waals surface area contributed by atoms with Gasteiger partial charge in [-0.15, -0.1) is 0 Å². The molecule has 0 radical (unpaired) electrons. The van der Waals surface area contributed by atoms with Gasteiger partial charge in [0.15, 0.2) is 16.6 Å². The summed E-state index contributed by atoms with van der Waals surface area (Å²) in [6, 6.07) is 5.26. The van der Waals surface area contributed by atoms with Crippen molar-refractivity contribution < 1.29 is 14.3 Å². The molecule has 1 saturated carbocycles. The first-order valence-electron chi connectivity index (χ1n) is 7.58. The van der Waals surface area contributed by atoms with Crippen LogP contribution in [0.4, 0.5) is 6.01 Å². The van der Waals surface area contributed by atoms with E-state index in [4.69, 9.17) is 21.4 Å². The second kappa shape index (κ2) is 7.31. The highest BCUT2D eigenvalue weighted by Gasteiger charge is 2.23. The first-order valence-corrected chi connectivity index (χ1v) is 7.99. The average molecular weight is 346 g/mol. The maximum Gasteiger partial charge on any atom is 0.301 e. The number of thiocarbonyl (C=S) groups is 1. The summed E-state index contributed by atoms with van der Waals surface area (Å²) in [5.74, 6) is 1.83. The Morgan fingerprint density at radius 1 is 1.50 bits per heavy atom. The molecule has 1 fully saturated rings. The van der Waals surface area contributed by atoms with Gasteiger partial charge in [-0.05, 0) is 48.8 Å². The Labute approximate surface area is 144 Å². The third kappa shape index (κ3) is 3.83. The molecule has 0 unspecified atom stereocenters. The summed E-state index contributed by atoms with van der Waals surface area (Å²) in [5.41, 5.74) is 3.44. The van der Waals surface area contributed by atoms with Crippen molar-refractivity contribution >= 4 is 29.6 Å². The molecule has 2 aromatic rings. The summed E-state index contributed by atoms with van der Waals surface area (Å²) < 4.78 is 10.7. The Morgan fingerprint density at radius 3 is 3.04 bits per heavy atom. The molecule has 0 saturated heterocycles. The van der Waals surface area contributed by atoms with Crippen LogP contribution in [0, 0.1) is 0 Å². The van der Waals surface area contributed by atoms with E-state index in [1.54, 1.807) is 24.5 Å². The van der Waals surface area contributed by atoms with Gasteiger partial charge in [0.1, 0.15) is 5.76 Å². The zero-order valence-electron chi connectivity index (χ0n) is 13.2. The zero-order valence-corrected chi connectivity index (χ0v) is 14.0. The number of anilines is 1. The van der Waals surface area contributed by atoms with Gasteiger partial charge in [-0.25, -0.2) is 4.98 Å². The van der Waals surface area contributed by atoms with Crippen molar-refractivity contribution in [2.45, 2.75) is 25.2 Å². The highest BCUT2D eigenvalue weighted by molar-refractivity contribution is 7.80. The molecule has 0 amide bonds. The number of hydrogen-bond acceptors (Lipinski definition) is 6. The first kappa shape index (κ1) is 16.3. The van der Waals surface area contributed by atoms with Crippen molar-refractivity contribution in [3.05, 3.63) is 35.7 Å². The van der Waals surface area contributed by atoms with E-state index in [0.717, 1.165) is 24.2 Å². The molecule has 0 bridgehead atoms. The number of hydrazone groups is 1. The van der Waals surface area contributed by atoms with E-state index in [9.17, 15) is 5.11 Å². The molecule has 0 atom stereocenters. The van der Waals surface area contributed by atoms with Crippen LogP contribution < -0.4 is 15.5 Å². The monoisotopic (exact) mass is 346 g/mol. The predicted molar refractivity (Wildman–Crippen MR) is 94.7 cm³/mol. The lowest BCUT2D eigenvalue weighted by molar-refractivity contribution is 0.351. The maximum atomic E-state index is 9.54. The zero-order chi connectivity index (χ0) is 16.9. The van der Waals surface area contributed by atoms with E-state index in [0.29, 0.717) is 17.7 Å². The van der Waals surface area contributed by atoms with Crippen molar-refractivity contribution in [1.29, 1.82) is 0 Å². The Hall–Kier alpha value is -2.61. The lowest BCUT2D eigenvalue weighted by Crippen LogP contribution is -2.24. The average Bonchev–Trinajstić information content (AvgIpc) is 2.95. The summed E-state index contributed by atoms with van der Waals surface area (Å²) in [5, 5.41) is 16.7. The van der Waals surface area contributed by atoms with Crippen LogP contribution in [0.15, 0.2) is 33.9 Å². The standard InChI is InChI=1S/C16H18N4O3S/c1-22-13-7-10(5-6-12(13)21)8-18-20-16(24)19-15-17-9-14(23-15)11-3-2-4-11/h5-9,11,21H,2-4H2,1H3,(H2,17,19,20,24)/b18-8+. The van der Waals surface area contributed by atoms with Gasteiger partial charge in [0, 0.05) is 5.92 Å². The topological polar surface area (TPSA) is 91.9 Å². The summed E-state index contributed by atoms with van der Waals surface area (Å²) in [6.45, 7) is 0. The molecular weight excluding hydrogens is 328 g/mol. The van der Waals surface area contributed by atoms with Crippen LogP contribution in [-0.2, 0) is 0 Å². The minimum Gasteiger partial charge on any atom is -0.504 e. The fourth-order valence-electron chi connectivity index (χ4n) is 2.29. The van der Waals surface area contributed by atoms with Gasteiger partial charge in [-0.2, -0.15) is 5.10 Å². The second-order valence-electron chi connectivity index (χ2n) is 5.45. The van der Waals surface area contributed by atoms with Gasteiger partial charge in [0.05, 0.1) is 19.5 Å². The van der Waals surface area contributed by atoms with E-state index in [-0.39, 0.29) is 10.9 Å². The van der Waals surface area contributed by atoms with Crippen molar-refractivity contribution in [2.75, 3.05) is 12.4 Å². The highest BCUT2D eigenvalue weighted by atomic mass is 32.1. The Balaban J connectivity index is 1.52. The van der Waals surface area contributed by atoms with Crippen LogP contribution >= 0.6 is 12.2 Å². The van der Waals surface area contributed by atoms with E-state index >= 15 is 0 Å². The largest absolute Gasteiger partial charge is 0.504 e. The summed E-state index contributed by atoms with van der Waals surface area (Å²) in [4.78, 5) is 4.16. The third-order valence-electron chi connectivity index (χ3n) is 3.84. The number of aromatic hydroxyl groups is 1. The van der Waals surface area contributed by atoms with E-state index in [1.165, 1.54) is 19.6 Å². The number of ether oxygens (including phenoxy) is 1. The molecule has 0 aliphatic heterocycles. The van der Waals surface area contributed by atoms with E-state index in [1.807, 2.05) is 0 Å². The molecule has 1 aliphatic rings. The lowest BCUT2D eigenvalue weighted by Gasteiger charge is -2.22. The Morgan fingerprint density at radius 2 is 2.33 bits per heavy atom. The fourth-order valence-corrected chi connectivity index (χ4v) is 2.43. The number of rotatable bonds is 5. The fraction of sp³-hybridized carbons (Fsp3) is 0.312. The normalized spacial score (nSPS) is 14.4. The molecule has 1 heterocycles. The smallest absolute Gasteiger partial charge is 0.301 e. The quantitative estimate of drug-likeness (QED) is 0.435. The van der Waals surface area contributed by atoms with Crippen molar-refractivity contribution in [1.82, 2.24) is 10.4 Å². The molecule has 8 heteroatoms. The molecule has 1 aliphatic carbocycles. The van der Waals surface area contributed by atoms with E-state index in [2.05, 4.69) is 20.8 Å². The number of aromatic nitrogens is 1. The van der Waals surface area contributed by atoms with Crippen LogP contribution in [0.25, 0.3) is 0 Å². The number of nitrogens with one attached hydrogen (secondary N) is 2. The molecule has 24 heavy (non-hydrogen) atoms. The van der Waals surface area contributed by atoms with Crippen LogP contribution in [0.1, 0.15) is 36.5 Å². The molecule has 1 aromatic carbocycles. The molecule has 3 N–H and O–H groups in total. The van der Waals surface area contributed by atoms with Crippen LogP contribution in [0.3, 0.4) is 0 Å². The number of phenolic OH excluding ortho intramolecular Hbond substituents is 1. The predicted octanol–water partition coefficient (Wildman–Crippen LogP) is 2.98. The minimum absolute atomic E-state index is 0.0750. The number of hydrogen-bond donors (Lipinski definition) is 3. The van der Waals surface area contributed by atoms with Crippen LogP contribution in [0.5, 0.6) is 11.5 Å². The second-order valence-corrected chi connectivity index (χ2v) is 5.86. The molecular formula is C16H18N4O3S. The van der Waals surface area contributed by atoms with Gasteiger partial charge >= 0.3 is 6.01 Å². The third-order valence-corrected chi connectivity index (χ3v) is 4.03.